The first-order valence-corrected chi connectivity index (χ1v) is 8.92. The number of alkyl halides is 3. The molecule has 0 aliphatic carbocycles. The van der Waals surface area contributed by atoms with Crippen LogP contribution in [0.4, 0.5) is 13.2 Å². The number of rotatable bonds is 6. The van der Waals surface area contributed by atoms with Gasteiger partial charge in [-0.05, 0) is 0 Å². The smallest absolute Gasteiger partial charge is 0.251 e. The van der Waals surface area contributed by atoms with E-state index in [1.165, 1.54) is 62.3 Å². The second-order valence-corrected chi connectivity index (χ2v) is 10.3. The summed E-state index contributed by atoms with van der Waals surface area (Å²) in [6, 6.07) is 0. The SMILES string of the molecule is CC(C)(C)C(F)OP(=O)(OC(F)C(C)(C)C)OC(F)C(C)(C)C. The Bertz CT molecular complexity index is 362. The van der Waals surface area contributed by atoms with Gasteiger partial charge < -0.3 is 0 Å². The van der Waals surface area contributed by atoms with Crippen LogP contribution in [-0.2, 0) is 18.1 Å². The lowest BCUT2D eigenvalue weighted by Gasteiger charge is -2.33. The van der Waals surface area contributed by atoms with Crippen LogP contribution in [0.25, 0.3) is 0 Å². The van der Waals surface area contributed by atoms with Gasteiger partial charge in [0.15, 0.2) is 0 Å². The number of phosphoric acid groups is 1. The van der Waals surface area contributed by atoms with E-state index >= 15 is 0 Å². The Morgan fingerprint density at radius 1 is 0.609 bits per heavy atom. The minimum absolute atomic E-state index is 1.07. The molecule has 3 atom stereocenters. The van der Waals surface area contributed by atoms with Crippen molar-refractivity contribution in [3.8, 4) is 0 Å². The number of hydrogen-bond donors (Lipinski definition) is 0. The summed E-state index contributed by atoms with van der Waals surface area (Å²) < 4.78 is 69.0. The van der Waals surface area contributed by atoms with E-state index in [0.717, 1.165) is 0 Å². The summed E-state index contributed by atoms with van der Waals surface area (Å²) in [5.41, 5.74) is -3.20. The molecule has 0 aromatic rings. The average Bonchev–Trinajstić information content (AvgIpc) is 2.23. The zero-order chi connectivity index (χ0) is 18.9. The van der Waals surface area contributed by atoms with Crippen LogP contribution in [-0.4, -0.2) is 19.1 Å². The van der Waals surface area contributed by atoms with E-state index in [-0.39, 0.29) is 0 Å². The topological polar surface area (TPSA) is 44.8 Å². The Balaban J connectivity index is 5.40. The van der Waals surface area contributed by atoms with Crippen molar-refractivity contribution in [1.82, 2.24) is 0 Å². The molecule has 0 N–H and O–H groups in total. The van der Waals surface area contributed by atoms with Gasteiger partial charge in [0.1, 0.15) is 0 Å². The van der Waals surface area contributed by atoms with Gasteiger partial charge in [-0.15, -0.1) is 0 Å². The van der Waals surface area contributed by atoms with Crippen LogP contribution < -0.4 is 0 Å². The standard InChI is InChI=1S/C15H30F3O4P/c1-13(2,3)10(16)20-23(19,21-11(17)14(4,5)6)22-12(18)15(7,8)9/h10-12H,1-9H3. The molecule has 0 bridgehead atoms. The summed E-state index contributed by atoms with van der Waals surface area (Å²) in [4.78, 5) is 0. The lowest BCUT2D eigenvalue weighted by molar-refractivity contribution is -0.125. The summed E-state index contributed by atoms with van der Waals surface area (Å²) in [6.07, 6.45) is -6.27. The van der Waals surface area contributed by atoms with Crippen molar-refractivity contribution in [3.05, 3.63) is 0 Å². The third kappa shape index (κ3) is 8.01. The molecule has 0 aromatic carbocycles. The zero-order valence-electron chi connectivity index (χ0n) is 15.4. The van der Waals surface area contributed by atoms with Crippen LogP contribution in [0.3, 0.4) is 0 Å². The molecule has 0 spiro atoms. The summed E-state index contributed by atoms with van der Waals surface area (Å²) >= 11 is 0. The summed E-state index contributed by atoms with van der Waals surface area (Å²) in [6.45, 7) is 13.3. The number of phosphoric ester groups is 1. The number of halogens is 3. The van der Waals surface area contributed by atoms with Gasteiger partial charge in [0, 0.05) is 16.2 Å². The van der Waals surface area contributed by atoms with Gasteiger partial charge in [0.05, 0.1) is 0 Å². The Hall–Kier alpha value is -0.100. The van der Waals surface area contributed by atoms with Crippen molar-refractivity contribution in [2.45, 2.75) is 81.4 Å². The molecular formula is C15H30F3O4P. The molecule has 23 heavy (non-hydrogen) atoms. The van der Waals surface area contributed by atoms with Gasteiger partial charge >= 0.3 is 7.82 Å². The molecule has 0 aliphatic heterocycles. The molecule has 0 saturated carbocycles. The highest BCUT2D eigenvalue weighted by Crippen LogP contribution is 2.57. The van der Waals surface area contributed by atoms with Gasteiger partial charge in [0.25, 0.3) is 0 Å². The maximum absolute atomic E-state index is 14.1. The van der Waals surface area contributed by atoms with E-state index in [0.29, 0.717) is 0 Å². The largest absolute Gasteiger partial charge is 0.482 e. The summed E-state index contributed by atoms with van der Waals surface area (Å²) in [5, 5.41) is 0. The normalized spacial score (nSPS) is 20.7. The van der Waals surface area contributed by atoms with E-state index in [4.69, 9.17) is 13.6 Å². The molecule has 8 heteroatoms. The second-order valence-electron chi connectivity index (χ2n) is 8.81. The van der Waals surface area contributed by atoms with E-state index < -0.39 is 43.1 Å². The fourth-order valence-electron chi connectivity index (χ4n) is 0.889. The zero-order valence-corrected chi connectivity index (χ0v) is 16.3. The second kappa shape index (κ2) is 7.42. The van der Waals surface area contributed by atoms with E-state index in [9.17, 15) is 17.7 Å². The first-order chi connectivity index (χ1) is 9.88. The first kappa shape index (κ1) is 22.9. The summed E-state index contributed by atoms with van der Waals surface area (Å²) in [7, 11) is -4.80. The van der Waals surface area contributed by atoms with E-state index in [1.807, 2.05) is 0 Å². The molecule has 0 aromatic heterocycles. The van der Waals surface area contributed by atoms with Crippen molar-refractivity contribution in [1.29, 1.82) is 0 Å². The van der Waals surface area contributed by atoms with Crippen LogP contribution in [0.5, 0.6) is 0 Å². The van der Waals surface area contributed by atoms with Crippen molar-refractivity contribution < 1.29 is 31.3 Å². The third-order valence-electron chi connectivity index (χ3n) is 2.71. The molecule has 0 amide bonds. The van der Waals surface area contributed by atoms with E-state index in [2.05, 4.69) is 0 Å². The molecule has 0 rings (SSSR count). The fraction of sp³-hybridized carbons (Fsp3) is 1.00. The van der Waals surface area contributed by atoms with Crippen molar-refractivity contribution in [2.24, 2.45) is 16.2 Å². The minimum atomic E-state index is -4.80. The molecule has 140 valence electrons. The Labute approximate surface area is 137 Å². The van der Waals surface area contributed by atoms with Crippen molar-refractivity contribution >= 4 is 7.82 Å². The highest BCUT2D eigenvalue weighted by Gasteiger charge is 2.45. The molecule has 0 fully saturated rings. The molecule has 0 aliphatic rings. The third-order valence-corrected chi connectivity index (χ3v) is 4.04. The van der Waals surface area contributed by atoms with E-state index in [1.54, 1.807) is 0 Å². The molecule has 0 heterocycles. The average molecular weight is 362 g/mol. The van der Waals surface area contributed by atoms with Crippen molar-refractivity contribution in [3.63, 3.8) is 0 Å². The molecular weight excluding hydrogens is 332 g/mol. The Morgan fingerprint density at radius 2 is 0.783 bits per heavy atom. The molecule has 0 radical (unpaired) electrons. The van der Waals surface area contributed by atoms with Gasteiger partial charge in [-0.25, -0.2) is 17.7 Å². The van der Waals surface area contributed by atoms with Crippen molar-refractivity contribution in [2.75, 3.05) is 0 Å². The van der Waals surface area contributed by atoms with Crippen LogP contribution in [0.1, 0.15) is 62.3 Å². The van der Waals surface area contributed by atoms with Gasteiger partial charge in [-0.3, -0.25) is 13.6 Å². The molecule has 4 nitrogen and oxygen atoms in total. The highest BCUT2D eigenvalue weighted by molar-refractivity contribution is 7.48. The van der Waals surface area contributed by atoms with Gasteiger partial charge in [0.2, 0.25) is 19.1 Å². The lowest BCUT2D eigenvalue weighted by atomic mass is 9.97. The quantitative estimate of drug-likeness (QED) is 0.530. The predicted octanol–water partition coefficient (Wildman–Crippen LogP) is 6.17. The molecule has 3 unspecified atom stereocenters. The predicted molar refractivity (Wildman–Crippen MR) is 83.9 cm³/mol. The van der Waals surface area contributed by atoms with Gasteiger partial charge in [-0.2, -0.15) is 0 Å². The molecule has 0 saturated heterocycles. The Kier molecular flexibility index (Phi) is 7.39. The fourth-order valence-corrected chi connectivity index (χ4v) is 2.67. The van der Waals surface area contributed by atoms with Crippen LogP contribution in [0, 0.1) is 16.2 Å². The maximum Gasteiger partial charge on any atom is 0.482 e. The minimum Gasteiger partial charge on any atom is -0.251 e. The van der Waals surface area contributed by atoms with Gasteiger partial charge in [-0.1, -0.05) is 62.3 Å². The first-order valence-electron chi connectivity index (χ1n) is 7.46. The summed E-state index contributed by atoms with van der Waals surface area (Å²) in [5.74, 6) is 0. The Morgan fingerprint density at radius 3 is 0.913 bits per heavy atom. The van der Waals surface area contributed by atoms with Crippen LogP contribution in [0.15, 0.2) is 0 Å². The van der Waals surface area contributed by atoms with Crippen LogP contribution in [0.2, 0.25) is 0 Å². The van der Waals surface area contributed by atoms with Crippen LogP contribution >= 0.6 is 7.82 Å². The highest BCUT2D eigenvalue weighted by atomic mass is 31.2. The number of hydrogen-bond acceptors (Lipinski definition) is 4. The maximum atomic E-state index is 14.1. The lowest BCUT2D eigenvalue weighted by Crippen LogP contribution is -2.31. The monoisotopic (exact) mass is 362 g/mol.